The monoisotopic (exact) mass is 228 g/mol. The van der Waals surface area contributed by atoms with E-state index >= 15 is 0 Å². The van der Waals surface area contributed by atoms with E-state index in [1.165, 1.54) is 0 Å². The first-order chi connectivity index (χ1) is 7.55. The molecule has 0 atom stereocenters. The zero-order valence-corrected chi connectivity index (χ0v) is 9.95. The Morgan fingerprint density at radius 2 is 2.00 bits per heavy atom. The number of nitrogens with zero attached hydrogens (tertiary/aromatic N) is 1. The third-order valence-electron chi connectivity index (χ3n) is 3.05. The molecule has 2 N–H and O–H groups in total. The number of carboxylic acids is 1. The highest BCUT2D eigenvalue weighted by Crippen LogP contribution is 2.45. The molecule has 5 heteroatoms. The Morgan fingerprint density at radius 3 is 2.38 bits per heavy atom. The third-order valence-corrected chi connectivity index (χ3v) is 3.05. The van der Waals surface area contributed by atoms with E-state index in [9.17, 15) is 9.59 Å². The molecule has 1 aliphatic rings. The number of carboxylic acid groups (broad SMARTS) is 1. The fourth-order valence-electron chi connectivity index (χ4n) is 1.65. The van der Waals surface area contributed by atoms with E-state index in [1.54, 1.807) is 4.90 Å². The summed E-state index contributed by atoms with van der Waals surface area (Å²) in [5, 5.41) is 11.7. The summed E-state index contributed by atoms with van der Waals surface area (Å²) in [6.07, 6.45) is 2.25. The highest BCUT2D eigenvalue weighted by Gasteiger charge is 2.50. The van der Waals surface area contributed by atoms with Gasteiger partial charge in [0.2, 0.25) is 0 Å². The molecule has 5 nitrogen and oxygen atoms in total. The Bertz CT molecular complexity index is 274. The third kappa shape index (κ3) is 2.87. The molecule has 1 fully saturated rings. The lowest BCUT2D eigenvalue weighted by atomic mass is 10.1. The number of hydrogen-bond donors (Lipinski definition) is 2. The molecule has 0 aliphatic heterocycles. The van der Waals surface area contributed by atoms with Crippen LogP contribution in [0, 0.1) is 5.41 Å². The molecule has 2 amide bonds. The summed E-state index contributed by atoms with van der Waals surface area (Å²) in [6, 6.07) is -0.156. The van der Waals surface area contributed by atoms with Crippen molar-refractivity contribution in [3.8, 4) is 0 Å². The normalized spacial score (nSPS) is 16.6. The molecule has 0 aromatic carbocycles. The van der Waals surface area contributed by atoms with Crippen LogP contribution in [0.5, 0.6) is 0 Å². The second kappa shape index (κ2) is 5.18. The first-order valence-electron chi connectivity index (χ1n) is 5.82. The van der Waals surface area contributed by atoms with Gasteiger partial charge in [0, 0.05) is 19.6 Å². The molecule has 92 valence electrons. The Morgan fingerprint density at radius 1 is 1.38 bits per heavy atom. The van der Waals surface area contributed by atoms with Crippen LogP contribution in [0.3, 0.4) is 0 Å². The molecule has 0 heterocycles. The predicted molar refractivity (Wildman–Crippen MR) is 60.2 cm³/mol. The number of urea groups is 1. The van der Waals surface area contributed by atoms with Crippen LogP contribution in [0.1, 0.15) is 33.1 Å². The van der Waals surface area contributed by atoms with Gasteiger partial charge in [-0.05, 0) is 26.2 Å². The molecular weight excluding hydrogens is 208 g/mol. The van der Waals surface area contributed by atoms with E-state index in [1.807, 2.05) is 13.8 Å². The molecule has 0 saturated heterocycles. The zero-order valence-electron chi connectivity index (χ0n) is 9.95. The second-order valence-electron chi connectivity index (χ2n) is 4.32. The van der Waals surface area contributed by atoms with E-state index in [0.717, 1.165) is 6.42 Å². The van der Waals surface area contributed by atoms with Crippen LogP contribution in [0.15, 0.2) is 0 Å². The number of amides is 2. The average molecular weight is 228 g/mol. The smallest absolute Gasteiger partial charge is 0.317 e. The minimum atomic E-state index is -0.800. The molecule has 0 bridgehead atoms. The number of nitrogens with one attached hydrogen (secondary N) is 1. The van der Waals surface area contributed by atoms with Gasteiger partial charge in [-0.3, -0.25) is 4.79 Å². The van der Waals surface area contributed by atoms with Crippen molar-refractivity contribution in [3.05, 3.63) is 0 Å². The maximum absolute atomic E-state index is 11.7. The van der Waals surface area contributed by atoms with Crippen molar-refractivity contribution in [1.82, 2.24) is 10.2 Å². The van der Waals surface area contributed by atoms with Crippen molar-refractivity contribution < 1.29 is 14.7 Å². The van der Waals surface area contributed by atoms with Crippen LogP contribution < -0.4 is 5.32 Å². The molecule has 0 spiro atoms. The predicted octanol–water partition coefficient (Wildman–Crippen LogP) is 1.29. The molecule has 0 radical (unpaired) electrons. The fourth-order valence-corrected chi connectivity index (χ4v) is 1.65. The van der Waals surface area contributed by atoms with Crippen LogP contribution in [0.25, 0.3) is 0 Å². The van der Waals surface area contributed by atoms with Gasteiger partial charge in [0.05, 0.1) is 5.41 Å². The maximum atomic E-state index is 11.7. The maximum Gasteiger partial charge on any atom is 0.317 e. The Kier molecular flexibility index (Phi) is 4.15. The highest BCUT2D eigenvalue weighted by atomic mass is 16.4. The van der Waals surface area contributed by atoms with E-state index in [-0.39, 0.29) is 12.6 Å². The van der Waals surface area contributed by atoms with Gasteiger partial charge < -0.3 is 15.3 Å². The van der Waals surface area contributed by atoms with Crippen LogP contribution in [0.2, 0.25) is 0 Å². The van der Waals surface area contributed by atoms with Crippen LogP contribution in [-0.4, -0.2) is 41.6 Å². The largest absolute Gasteiger partial charge is 0.481 e. The lowest BCUT2D eigenvalue weighted by Gasteiger charge is -2.21. The van der Waals surface area contributed by atoms with E-state index in [4.69, 9.17) is 5.11 Å². The van der Waals surface area contributed by atoms with Gasteiger partial charge in [0.25, 0.3) is 0 Å². The highest BCUT2D eigenvalue weighted by molar-refractivity contribution is 5.80. The van der Waals surface area contributed by atoms with Crippen LogP contribution in [0.4, 0.5) is 4.79 Å². The number of aliphatic carboxylic acids is 1. The molecular formula is C11H20N2O3. The van der Waals surface area contributed by atoms with E-state index < -0.39 is 11.4 Å². The molecule has 0 aromatic heterocycles. The number of hydrogen-bond acceptors (Lipinski definition) is 2. The average Bonchev–Trinajstić information content (AvgIpc) is 3.03. The van der Waals surface area contributed by atoms with Crippen molar-refractivity contribution in [2.24, 2.45) is 5.41 Å². The summed E-state index contributed by atoms with van der Waals surface area (Å²) in [4.78, 5) is 24.3. The Balaban J connectivity index is 2.37. The molecule has 16 heavy (non-hydrogen) atoms. The molecule has 1 saturated carbocycles. The van der Waals surface area contributed by atoms with Gasteiger partial charge in [0.1, 0.15) is 0 Å². The summed E-state index contributed by atoms with van der Waals surface area (Å²) < 4.78 is 0. The minimum Gasteiger partial charge on any atom is -0.481 e. The van der Waals surface area contributed by atoms with Crippen molar-refractivity contribution in [2.75, 3.05) is 19.6 Å². The number of carbonyl (C=O) groups excluding carboxylic acids is 1. The van der Waals surface area contributed by atoms with Crippen molar-refractivity contribution >= 4 is 12.0 Å². The second-order valence-corrected chi connectivity index (χ2v) is 4.32. The summed E-state index contributed by atoms with van der Waals surface area (Å²) in [6.45, 7) is 5.54. The SMILES string of the molecule is CCCN(CC)C(=O)NCC1(C(=O)O)CC1. The summed E-state index contributed by atoms with van der Waals surface area (Å²) >= 11 is 0. The van der Waals surface area contributed by atoms with Gasteiger partial charge in [0.15, 0.2) is 0 Å². The van der Waals surface area contributed by atoms with Crippen LogP contribution >= 0.6 is 0 Å². The zero-order chi connectivity index (χ0) is 12.2. The summed E-state index contributed by atoms with van der Waals surface area (Å²) in [7, 11) is 0. The first kappa shape index (κ1) is 12.8. The van der Waals surface area contributed by atoms with Crippen LogP contribution in [-0.2, 0) is 4.79 Å². The first-order valence-corrected chi connectivity index (χ1v) is 5.82. The number of carbonyl (C=O) groups is 2. The number of rotatable bonds is 6. The van der Waals surface area contributed by atoms with Gasteiger partial charge in [-0.15, -0.1) is 0 Å². The van der Waals surface area contributed by atoms with E-state index in [2.05, 4.69) is 5.32 Å². The van der Waals surface area contributed by atoms with Gasteiger partial charge in [-0.1, -0.05) is 6.92 Å². The van der Waals surface area contributed by atoms with Gasteiger partial charge >= 0.3 is 12.0 Å². The van der Waals surface area contributed by atoms with Gasteiger partial charge in [-0.25, -0.2) is 4.79 Å². The van der Waals surface area contributed by atoms with Crippen molar-refractivity contribution in [1.29, 1.82) is 0 Å². The minimum absolute atomic E-state index is 0.156. The quantitative estimate of drug-likeness (QED) is 0.719. The fraction of sp³-hybridized carbons (Fsp3) is 0.818. The lowest BCUT2D eigenvalue weighted by molar-refractivity contribution is -0.143. The van der Waals surface area contributed by atoms with E-state index in [0.29, 0.717) is 25.9 Å². The van der Waals surface area contributed by atoms with Gasteiger partial charge in [-0.2, -0.15) is 0 Å². The van der Waals surface area contributed by atoms with Crippen molar-refractivity contribution in [3.63, 3.8) is 0 Å². The molecule has 0 aromatic rings. The summed E-state index contributed by atoms with van der Waals surface area (Å²) in [5.74, 6) is -0.800. The molecule has 0 unspecified atom stereocenters. The molecule has 1 aliphatic carbocycles. The summed E-state index contributed by atoms with van der Waals surface area (Å²) in [5.41, 5.74) is -0.679. The standard InChI is InChI=1S/C11H20N2O3/c1-3-7-13(4-2)10(16)12-8-11(5-6-11)9(14)15/h3-8H2,1-2H3,(H,12,16)(H,14,15). The lowest BCUT2D eigenvalue weighted by Crippen LogP contribution is -2.43. The topological polar surface area (TPSA) is 69.6 Å². The van der Waals surface area contributed by atoms with Crippen molar-refractivity contribution in [2.45, 2.75) is 33.1 Å². The Labute approximate surface area is 95.8 Å². The molecule has 1 rings (SSSR count). The Hall–Kier alpha value is -1.26.